The molecule has 0 radical (unpaired) electrons. The zero-order chi connectivity index (χ0) is 22.2. The van der Waals surface area contributed by atoms with Crippen LogP contribution in [0.15, 0.2) is 79.5 Å². The Labute approximate surface area is 191 Å². The van der Waals surface area contributed by atoms with Crippen molar-refractivity contribution in [3.63, 3.8) is 0 Å². The van der Waals surface area contributed by atoms with Gasteiger partial charge in [0.2, 0.25) is 0 Å². The standard InChI is InChI=1S/C25H24N8/c1-30-10-12-31(13-11-30)24-7-6-20(16-26-24)21-15-25-27-18-23(33(25)29-17-21)19-4-2-5-22(14-19)32-9-3-8-28-32/h2-9,14-18H,10-13H2,1H3. The van der Waals surface area contributed by atoms with Crippen LogP contribution < -0.4 is 4.90 Å². The molecule has 0 atom stereocenters. The Hall–Kier alpha value is -4.04. The second-order valence-corrected chi connectivity index (χ2v) is 8.35. The van der Waals surface area contributed by atoms with Crippen molar-refractivity contribution in [1.29, 1.82) is 0 Å². The zero-order valence-electron chi connectivity index (χ0n) is 18.4. The molecule has 8 heteroatoms. The number of aromatic nitrogens is 6. The molecule has 0 amide bonds. The SMILES string of the molecule is CN1CCN(c2ccc(-c3cnn4c(-c5cccc(-n6cccn6)c5)cnc4c3)cn2)CC1. The van der Waals surface area contributed by atoms with E-state index in [1.165, 1.54) is 0 Å². The fourth-order valence-electron chi connectivity index (χ4n) is 4.24. The van der Waals surface area contributed by atoms with Crippen LogP contribution in [-0.2, 0) is 0 Å². The number of anilines is 1. The summed E-state index contributed by atoms with van der Waals surface area (Å²) in [6, 6.07) is 16.4. The molecule has 1 fully saturated rings. The minimum absolute atomic E-state index is 0.801. The van der Waals surface area contributed by atoms with Crippen LogP contribution in [0.5, 0.6) is 0 Å². The number of rotatable bonds is 4. The van der Waals surface area contributed by atoms with Gasteiger partial charge in [-0.2, -0.15) is 10.2 Å². The molecule has 0 bridgehead atoms. The van der Waals surface area contributed by atoms with Crippen molar-refractivity contribution >= 4 is 11.5 Å². The second kappa shape index (κ2) is 8.14. The molecule has 1 saturated heterocycles. The van der Waals surface area contributed by atoms with Gasteiger partial charge in [-0.1, -0.05) is 12.1 Å². The van der Waals surface area contributed by atoms with Crippen molar-refractivity contribution in [3.05, 3.63) is 79.5 Å². The number of piperazine rings is 1. The number of fused-ring (bicyclic) bond motifs is 1. The van der Waals surface area contributed by atoms with Gasteiger partial charge >= 0.3 is 0 Å². The Morgan fingerprint density at radius 1 is 0.758 bits per heavy atom. The predicted octanol–water partition coefficient (Wildman–Crippen LogP) is 3.40. The maximum absolute atomic E-state index is 4.71. The molecule has 8 nitrogen and oxygen atoms in total. The lowest BCUT2D eigenvalue weighted by Gasteiger charge is -2.33. The van der Waals surface area contributed by atoms with E-state index in [-0.39, 0.29) is 0 Å². The van der Waals surface area contributed by atoms with Gasteiger partial charge < -0.3 is 9.80 Å². The third-order valence-electron chi connectivity index (χ3n) is 6.18. The smallest absolute Gasteiger partial charge is 0.154 e. The quantitative estimate of drug-likeness (QED) is 0.430. The third kappa shape index (κ3) is 3.74. The van der Waals surface area contributed by atoms with Crippen LogP contribution in [0.4, 0.5) is 5.82 Å². The predicted molar refractivity (Wildman–Crippen MR) is 128 cm³/mol. The van der Waals surface area contributed by atoms with Gasteiger partial charge in [0, 0.05) is 61.5 Å². The third-order valence-corrected chi connectivity index (χ3v) is 6.18. The summed E-state index contributed by atoms with van der Waals surface area (Å²) in [6.45, 7) is 4.15. The van der Waals surface area contributed by atoms with E-state index in [4.69, 9.17) is 10.1 Å². The summed E-state index contributed by atoms with van der Waals surface area (Å²) in [6.07, 6.45) is 9.38. The molecule has 4 aromatic heterocycles. The Kier molecular flexibility index (Phi) is 4.84. The van der Waals surface area contributed by atoms with Crippen molar-refractivity contribution in [2.75, 3.05) is 38.1 Å². The second-order valence-electron chi connectivity index (χ2n) is 8.35. The van der Waals surface area contributed by atoms with Crippen LogP contribution in [-0.4, -0.2) is 67.5 Å². The first-order chi connectivity index (χ1) is 16.2. The molecule has 0 spiro atoms. The van der Waals surface area contributed by atoms with Gasteiger partial charge in [0.25, 0.3) is 0 Å². The maximum atomic E-state index is 4.71. The van der Waals surface area contributed by atoms with Crippen LogP contribution in [0.1, 0.15) is 0 Å². The van der Waals surface area contributed by atoms with Crippen molar-refractivity contribution in [2.45, 2.75) is 0 Å². The monoisotopic (exact) mass is 436 g/mol. The average molecular weight is 437 g/mol. The lowest BCUT2D eigenvalue weighted by molar-refractivity contribution is 0.312. The lowest BCUT2D eigenvalue weighted by Crippen LogP contribution is -2.44. The van der Waals surface area contributed by atoms with Gasteiger partial charge in [-0.25, -0.2) is 19.2 Å². The molecule has 0 N–H and O–H groups in total. The van der Waals surface area contributed by atoms with E-state index in [9.17, 15) is 0 Å². The molecule has 0 aliphatic carbocycles. The van der Waals surface area contributed by atoms with E-state index in [0.29, 0.717) is 0 Å². The molecule has 5 heterocycles. The summed E-state index contributed by atoms with van der Waals surface area (Å²) in [5.74, 6) is 1.03. The van der Waals surface area contributed by atoms with Crippen molar-refractivity contribution < 1.29 is 0 Å². The normalized spacial score (nSPS) is 14.8. The average Bonchev–Trinajstić information content (AvgIpc) is 3.55. The van der Waals surface area contributed by atoms with Crippen LogP contribution in [0.3, 0.4) is 0 Å². The summed E-state index contributed by atoms with van der Waals surface area (Å²) in [7, 11) is 2.16. The van der Waals surface area contributed by atoms with Crippen molar-refractivity contribution in [1.82, 2.24) is 34.3 Å². The first kappa shape index (κ1) is 19.6. The first-order valence-electron chi connectivity index (χ1n) is 11.1. The lowest BCUT2D eigenvalue weighted by atomic mass is 10.1. The van der Waals surface area contributed by atoms with Gasteiger partial charge in [0.1, 0.15) is 5.82 Å². The Bertz CT molecular complexity index is 1380. The topological polar surface area (TPSA) is 67.4 Å². The number of likely N-dealkylation sites (N-methyl/N-ethyl adjacent to an activating group) is 1. The van der Waals surface area contributed by atoms with Crippen molar-refractivity contribution in [3.8, 4) is 28.1 Å². The molecule has 5 aromatic rings. The van der Waals surface area contributed by atoms with Gasteiger partial charge in [-0.15, -0.1) is 0 Å². The minimum Gasteiger partial charge on any atom is -0.354 e. The van der Waals surface area contributed by atoms with Gasteiger partial charge in [-0.3, -0.25) is 0 Å². The molecule has 33 heavy (non-hydrogen) atoms. The highest BCUT2D eigenvalue weighted by atomic mass is 15.3. The van der Waals surface area contributed by atoms with E-state index in [1.54, 1.807) is 6.20 Å². The van der Waals surface area contributed by atoms with Gasteiger partial charge in [0.15, 0.2) is 5.65 Å². The molecule has 164 valence electrons. The highest BCUT2D eigenvalue weighted by molar-refractivity contribution is 5.70. The zero-order valence-corrected chi connectivity index (χ0v) is 18.4. The fraction of sp³-hybridized carbons (Fsp3) is 0.200. The summed E-state index contributed by atoms with van der Waals surface area (Å²) < 4.78 is 3.72. The van der Waals surface area contributed by atoms with E-state index >= 15 is 0 Å². The molecule has 1 aliphatic rings. The van der Waals surface area contributed by atoms with E-state index < -0.39 is 0 Å². The number of pyridine rings is 1. The molecule has 1 aromatic carbocycles. The fourth-order valence-corrected chi connectivity index (χ4v) is 4.24. The molecular formula is C25H24N8. The number of hydrogen-bond acceptors (Lipinski definition) is 6. The van der Waals surface area contributed by atoms with Gasteiger partial charge in [-0.05, 0) is 43.4 Å². The van der Waals surface area contributed by atoms with E-state index in [2.05, 4.69) is 57.3 Å². The van der Waals surface area contributed by atoms with Crippen LogP contribution in [0, 0.1) is 0 Å². The molecule has 6 rings (SSSR count). The number of hydrogen-bond donors (Lipinski definition) is 0. The first-order valence-corrected chi connectivity index (χ1v) is 11.1. The number of imidazole rings is 1. The van der Waals surface area contributed by atoms with Crippen LogP contribution in [0.25, 0.3) is 33.7 Å². The van der Waals surface area contributed by atoms with Crippen LogP contribution in [0.2, 0.25) is 0 Å². The highest BCUT2D eigenvalue weighted by Gasteiger charge is 2.15. The summed E-state index contributed by atoms with van der Waals surface area (Å²) in [5.41, 5.74) is 5.81. The summed E-state index contributed by atoms with van der Waals surface area (Å²) >= 11 is 0. The molecular weight excluding hydrogens is 412 g/mol. The molecule has 0 saturated carbocycles. The van der Waals surface area contributed by atoms with Gasteiger partial charge in [0.05, 0.1) is 23.8 Å². The van der Waals surface area contributed by atoms with Crippen LogP contribution >= 0.6 is 0 Å². The maximum Gasteiger partial charge on any atom is 0.154 e. The van der Waals surface area contributed by atoms with E-state index in [0.717, 1.165) is 65.7 Å². The Morgan fingerprint density at radius 2 is 1.67 bits per heavy atom. The number of benzene rings is 1. The Balaban J connectivity index is 1.28. The largest absolute Gasteiger partial charge is 0.354 e. The molecule has 1 aliphatic heterocycles. The van der Waals surface area contributed by atoms with E-state index in [1.807, 2.05) is 52.2 Å². The molecule has 0 unspecified atom stereocenters. The van der Waals surface area contributed by atoms with Crippen molar-refractivity contribution in [2.24, 2.45) is 0 Å². The highest BCUT2D eigenvalue weighted by Crippen LogP contribution is 2.26. The number of nitrogens with zero attached hydrogens (tertiary/aromatic N) is 8. The Morgan fingerprint density at radius 3 is 2.45 bits per heavy atom. The minimum atomic E-state index is 0.801. The summed E-state index contributed by atoms with van der Waals surface area (Å²) in [5, 5.41) is 9.02. The summed E-state index contributed by atoms with van der Waals surface area (Å²) in [4.78, 5) is 14.0.